The highest BCUT2D eigenvalue weighted by Crippen LogP contribution is 2.36. The number of methoxy groups -OCH3 is 1. The lowest BCUT2D eigenvalue weighted by Gasteiger charge is -2.33. The van der Waals surface area contributed by atoms with E-state index in [4.69, 9.17) is 70.0 Å². The number of hydrogen-bond acceptors (Lipinski definition) is 27. The Hall–Kier alpha value is -11.8. The number of nitrogens with zero attached hydrogens (tertiary/aromatic N) is 13. The molecule has 0 amide bonds. The van der Waals surface area contributed by atoms with Gasteiger partial charge in [0, 0.05) is 149 Å². The molecule has 0 spiro atoms. The monoisotopic (exact) mass is 1730 g/mol. The maximum atomic E-state index is 9.93. The molecule has 0 radical (unpaired) electrons. The van der Waals surface area contributed by atoms with Gasteiger partial charge in [0.25, 0.3) is 0 Å². The first kappa shape index (κ1) is 99.0. The predicted molar refractivity (Wildman–Crippen MR) is 507 cm³/mol. The summed E-state index contributed by atoms with van der Waals surface area (Å²) >= 11 is 0. The van der Waals surface area contributed by atoms with Crippen molar-refractivity contribution in [3.05, 3.63) is 192 Å². The van der Waals surface area contributed by atoms with Crippen LogP contribution in [-0.2, 0) is 11.2 Å². The van der Waals surface area contributed by atoms with Crippen LogP contribution in [0.15, 0.2) is 164 Å². The van der Waals surface area contributed by atoms with Crippen molar-refractivity contribution in [2.24, 2.45) is 0 Å². The number of benzene rings is 6. The molecule has 0 aliphatic heterocycles. The minimum atomic E-state index is -0.609. The van der Waals surface area contributed by atoms with E-state index in [1.54, 1.807) is 46.5 Å². The molecule has 27 nitrogen and oxygen atoms in total. The molecule has 2 fully saturated rings. The van der Waals surface area contributed by atoms with Crippen molar-refractivity contribution in [2.45, 2.75) is 167 Å². The third-order valence-electron chi connectivity index (χ3n) is 21.5. The number of hydrogen-bond donors (Lipinski definition) is 9. The average molecular weight is 1730 g/mol. The van der Waals surface area contributed by atoms with E-state index in [0.29, 0.717) is 121 Å². The Morgan fingerprint density at radius 1 is 0.465 bits per heavy atom. The number of rotatable bonds is 40. The predicted octanol–water partition coefficient (Wildman–Crippen LogP) is 14.3. The zero-order chi connectivity index (χ0) is 91.0. The standard InChI is InChI=1S/C26H27N5O2.C25H28N4O3.C25H38N4O2.C24H37N5O2/c1-4-5-12-31(3)25-15-24(20-9-6-8-19(13-20)16-27)29-26(30-25)21-10-7-11-23(14-21)33-18-22(32)17-28-2;1-27-16-22(30)17-32-23-10-4-8-20(13-23)25-28-21(9-5-11-31-2)14-24(29-25)19-7-3-6-18(12-19)15-26;1-17(2)23-18(3)25(29(5)20-11-7-6-8-12-20)28-24(27-23)19-10-9-13-22(14-19)31-16-21(30)15-26-4;1-17(2)26-22-14-23(29(4)19-10-6-5-7-11-19)28-24(27-22)18-9-8-12-21(13-18)31-16-20(30)15-25-3/h1,6-11,13-15,22,28,32H,5,12,17-18H2,2-3H3;3-4,6-8,10,12-14,22,27,30H,5,9,11,16-17H2,1-2H3;9-10,13-14,17,20-21,26,30H,6-8,11-12,15-16H2,1-5H3;8-9,12-14,17,19-20,25,30H,5-7,10-11,15-16H2,1-4H3,(H,26,27,28). The van der Waals surface area contributed by atoms with Gasteiger partial charge in [-0.3, -0.25) is 0 Å². The van der Waals surface area contributed by atoms with Crippen molar-refractivity contribution in [3.8, 4) is 116 Å². The van der Waals surface area contributed by atoms with E-state index in [1.807, 2.05) is 165 Å². The number of nitriles is 2. The molecule has 10 aromatic rings. The van der Waals surface area contributed by atoms with Crippen LogP contribution >= 0.6 is 0 Å². The average Bonchev–Trinajstić information content (AvgIpc) is 0.790. The lowest BCUT2D eigenvalue weighted by molar-refractivity contribution is 0.108. The van der Waals surface area contributed by atoms with Gasteiger partial charge in [-0.05, 0) is 172 Å². The zero-order valence-electron chi connectivity index (χ0n) is 76.2. The van der Waals surface area contributed by atoms with Crippen molar-refractivity contribution in [3.63, 3.8) is 0 Å². The molecule has 4 heterocycles. The minimum Gasteiger partial charge on any atom is -0.491 e. The number of aromatic nitrogens is 8. The maximum absolute atomic E-state index is 9.93. The Labute approximate surface area is 751 Å². The molecular weight excluding hydrogens is 1600 g/mol. The molecule has 2 aliphatic carbocycles. The van der Waals surface area contributed by atoms with Crippen molar-refractivity contribution < 1.29 is 44.1 Å². The summed E-state index contributed by atoms with van der Waals surface area (Å²) in [6, 6.07) is 56.9. The van der Waals surface area contributed by atoms with Gasteiger partial charge in [0.05, 0.1) is 40.3 Å². The van der Waals surface area contributed by atoms with Crippen LogP contribution in [0.5, 0.6) is 23.0 Å². The Bertz CT molecular complexity index is 5160. The smallest absolute Gasteiger partial charge is 0.163 e. The molecule has 27 heteroatoms. The van der Waals surface area contributed by atoms with Gasteiger partial charge in [-0.25, -0.2) is 39.9 Å². The summed E-state index contributed by atoms with van der Waals surface area (Å²) in [7, 11) is 15.1. The van der Waals surface area contributed by atoms with Gasteiger partial charge in [0.15, 0.2) is 23.3 Å². The maximum Gasteiger partial charge on any atom is 0.163 e. The molecule has 9 N–H and O–H groups in total. The number of aryl methyl sites for hydroxylation is 1. The van der Waals surface area contributed by atoms with Gasteiger partial charge in [0.2, 0.25) is 0 Å². The fraction of sp³-hybridized carbons (Fsp3) is 0.440. The lowest BCUT2D eigenvalue weighted by atomic mass is 9.94. The molecule has 4 unspecified atom stereocenters. The van der Waals surface area contributed by atoms with Gasteiger partial charge in [0.1, 0.15) is 97.1 Å². The van der Waals surface area contributed by atoms with E-state index in [9.17, 15) is 30.9 Å². The molecule has 12 rings (SSSR count). The number of aliphatic hydroxyl groups is 4. The molecule has 0 bridgehead atoms. The van der Waals surface area contributed by atoms with Crippen LogP contribution in [0.25, 0.3) is 68.1 Å². The molecule has 4 atom stereocenters. The first-order chi connectivity index (χ1) is 61.5. The Morgan fingerprint density at radius 2 is 0.866 bits per heavy atom. The number of aliphatic hydroxyl groups excluding tert-OH is 4. The van der Waals surface area contributed by atoms with Gasteiger partial charge >= 0.3 is 0 Å². The Balaban J connectivity index is 0.000000191. The number of nitrogens with one attached hydrogen (secondary N) is 5. The van der Waals surface area contributed by atoms with Gasteiger partial charge < -0.3 is 85.4 Å². The van der Waals surface area contributed by atoms with Crippen molar-refractivity contribution >= 4 is 23.3 Å². The normalized spacial score (nSPS) is 13.6. The van der Waals surface area contributed by atoms with Gasteiger partial charge in [-0.15, -0.1) is 12.3 Å². The van der Waals surface area contributed by atoms with Crippen LogP contribution in [0, 0.1) is 41.9 Å². The molecule has 0 saturated heterocycles. The van der Waals surface area contributed by atoms with E-state index in [-0.39, 0.29) is 32.5 Å². The summed E-state index contributed by atoms with van der Waals surface area (Å²) in [5, 5.41) is 73.4. The van der Waals surface area contributed by atoms with Crippen molar-refractivity contribution in [1.82, 2.24) is 61.1 Å². The highest BCUT2D eigenvalue weighted by molar-refractivity contribution is 5.71. The number of anilines is 4. The summed E-state index contributed by atoms with van der Waals surface area (Å²) in [5.41, 5.74) is 10.9. The van der Waals surface area contributed by atoms with Crippen LogP contribution in [0.1, 0.15) is 139 Å². The summed E-state index contributed by atoms with van der Waals surface area (Å²) < 4.78 is 28.2. The largest absolute Gasteiger partial charge is 0.491 e. The van der Waals surface area contributed by atoms with Crippen LogP contribution in [0.2, 0.25) is 0 Å². The highest BCUT2D eigenvalue weighted by Gasteiger charge is 2.26. The SMILES string of the molecule is C#CCCN(C)c1cc(-c2cccc(C#N)c2)nc(-c2cccc(OCC(O)CNC)c2)n1.CNCC(O)COc1cccc(-c2nc(C(C)C)c(C)c(N(C)C3CCCCC3)n2)c1.CNCC(O)COc1cccc(-c2nc(CCCOC)cc(-c3cccc(C#N)c3)n2)c1.CNCC(O)COc1cccc(-c2nc(NC(C)C)cc(N(C)C3CCCCC3)n2)c1. The number of ether oxygens (including phenoxy) is 5. The molecule has 2 aliphatic rings. The second-order valence-electron chi connectivity index (χ2n) is 32.6. The molecule has 127 heavy (non-hydrogen) atoms. The quantitative estimate of drug-likeness (QED) is 0.0127. The Kier molecular flexibility index (Phi) is 40.8. The summed E-state index contributed by atoms with van der Waals surface area (Å²) in [6.07, 6.45) is 18.0. The summed E-state index contributed by atoms with van der Waals surface area (Å²) in [6.45, 7) is 14.8. The van der Waals surface area contributed by atoms with Crippen molar-refractivity contribution in [2.75, 3.05) is 142 Å². The molecule has 6 aromatic carbocycles. The topological polar surface area (TPSA) is 348 Å². The van der Waals surface area contributed by atoms with E-state index >= 15 is 0 Å². The minimum absolute atomic E-state index is 0.173. The third-order valence-corrected chi connectivity index (χ3v) is 21.5. The molecule has 4 aromatic heterocycles. The molecule has 2 saturated carbocycles. The Morgan fingerprint density at radius 3 is 1.28 bits per heavy atom. The lowest BCUT2D eigenvalue weighted by Crippen LogP contribution is -2.35. The fourth-order valence-electron chi connectivity index (χ4n) is 14.9. The van der Waals surface area contributed by atoms with Crippen LogP contribution in [0.3, 0.4) is 0 Å². The van der Waals surface area contributed by atoms with Gasteiger partial charge in [-0.2, -0.15) is 10.5 Å². The summed E-state index contributed by atoms with van der Waals surface area (Å²) in [5.74, 6) is 11.7. The summed E-state index contributed by atoms with van der Waals surface area (Å²) in [4.78, 5) is 45.4. The first-order valence-electron chi connectivity index (χ1n) is 44.2. The van der Waals surface area contributed by atoms with E-state index in [2.05, 4.69) is 103 Å². The number of terminal acetylenes is 1. The molecular formula is C100H130N18O9. The van der Waals surface area contributed by atoms with Crippen molar-refractivity contribution in [1.29, 1.82) is 10.5 Å². The second kappa shape index (κ2) is 52.4. The van der Waals surface area contributed by atoms with E-state index in [1.165, 1.54) is 69.8 Å². The second-order valence-corrected chi connectivity index (χ2v) is 32.6. The zero-order valence-corrected chi connectivity index (χ0v) is 76.2. The van der Waals surface area contributed by atoms with Crippen LogP contribution in [-0.4, -0.2) is 225 Å². The van der Waals surface area contributed by atoms with Crippen LogP contribution in [0.4, 0.5) is 23.3 Å². The molecule has 674 valence electrons. The first-order valence-corrected chi connectivity index (χ1v) is 44.2. The fourth-order valence-corrected chi connectivity index (χ4v) is 14.9. The van der Waals surface area contributed by atoms with E-state index in [0.717, 1.165) is 92.4 Å². The van der Waals surface area contributed by atoms with Crippen LogP contribution < -0.4 is 60.2 Å². The van der Waals surface area contributed by atoms with Gasteiger partial charge in [-0.1, -0.05) is 125 Å². The highest BCUT2D eigenvalue weighted by atomic mass is 16.5. The third kappa shape index (κ3) is 31.6. The number of likely N-dealkylation sites (N-methyl/N-ethyl adjacent to an activating group) is 4. The van der Waals surface area contributed by atoms with E-state index < -0.39 is 24.4 Å².